The van der Waals surface area contributed by atoms with Crippen molar-refractivity contribution in [3.05, 3.63) is 57.3 Å². The van der Waals surface area contributed by atoms with Gasteiger partial charge in [0.25, 0.3) is 0 Å². The number of aryl methyl sites for hydroxylation is 1. The van der Waals surface area contributed by atoms with Crippen molar-refractivity contribution in [2.45, 2.75) is 53.1 Å². The van der Waals surface area contributed by atoms with Crippen LogP contribution in [0.2, 0.25) is 0 Å². The summed E-state index contributed by atoms with van der Waals surface area (Å²) in [6.45, 7) is 11.2. The topological polar surface area (TPSA) is 12.0 Å². The van der Waals surface area contributed by atoms with Crippen LogP contribution >= 0.6 is 11.3 Å². The molecule has 0 saturated heterocycles. The quantitative estimate of drug-likeness (QED) is 0.725. The van der Waals surface area contributed by atoms with Crippen molar-refractivity contribution >= 4 is 11.3 Å². The van der Waals surface area contributed by atoms with Gasteiger partial charge in [0.05, 0.1) is 0 Å². The van der Waals surface area contributed by atoms with Crippen LogP contribution in [-0.2, 0) is 6.42 Å². The highest BCUT2D eigenvalue weighted by Crippen LogP contribution is 2.26. The third-order valence-electron chi connectivity index (χ3n) is 3.92. The molecule has 0 fully saturated rings. The summed E-state index contributed by atoms with van der Waals surface area (Å²) in [5.74, 6) is 0.716. The first-order valence-electron chi connectivity index (χ1n) is 7.86. The van der Waals surface area contributed by atoms with Crippen molar-refractivity contribution in [1.82, 2.24) is 5.32 Å². The third kappa shape index (κ3) is 4.42. The van der Waals surface area contributed by atoms with Gasteiger partial charge in [-0.25, -0.2) is 0 Å². The summed E-state index contributed by atoms with van der Waals surface area (Å²) in [5, 5.41) is 5.88. The van der Waals surface area contributed by atoms with Gasteiger partial charge in [0, 0.05) is 17.0 Å². The molecular weight excluding hydrogens is 274 g/mol. The Labute approximate surface area is 133 Å². The van der Waals surface area contributed by atoms with Crippen LogP contribution in [0.4, 0.5) is 0 Å². The Morgan fingerprint density at radius 2 is 1.62 bits per heavy atom. The highest BCUT2D eigenvalue weighted by atomic mass is 32.1. The van der Waals surface area contributed by atoms with Gasteiger partial charge in [0.15, 0.2) is 0 Å². The minimum Gasteiger partial charge on any atom is -0.303 e. The number of thiophene rings is 1. The molecule has 1 nitrogen and oxygen atoms in total. The van der Waals surface area contributed by atoms with Gasteiger partial charge in [0.1, 0.15) is 0 Å². The molecule has 0 saturated carbocycles. The normalized spacial score (nSPS) is 14.4. The summed E-state index contributed by atoms with van der Waals surface area (Å²) in [6.07, 6.45) is 1.16. The molecule has 1 N–H and O–H groups in total. The number of nitrogens with one attached hydrogen (secondary N) is 1. The maximum atomic E-state index is 3.71. The number of hydrogen-bond acceptors (Lipinski definition) is 2. The van der Waals surface area contributed by atoms with E-state index < -0.39 is 0 Å². The molecule has 21 heavy (non-hydrogen) atoms. The van der Waals surface area contributed by atoms with E-state index in [4.69, 9.17) is 0 Å². The van der Waals surface area contributed by atoms with Gasteiger partial charge in [-0.1, -0.05) is 38.1 Å². The zero-order valence-corrected chi connectivity index (χ0v) is 14.6. The lowest BCUT2D eigenvalue weighted by molar-refractivity contribution is 0.498. The highest BCUT2D eigenvalue weighted by molar-refractivity contribution is 7.10. The molecule has 0 radical (unpaired) electrons. The average molecular weight is 301 g/mol. The smallest absolute Gasteiger partial charge is 0.0393 e. The Kier molecular flexibility index (Phi) is 5.60. The molecule has 1 aromatic carbocycles. The fourth-order valence-electron chi connectivity index (χ4n) is 2.79. The second kappa shape index (κ2) is 7.24. The zero-order chi connectivity index (χ0) is 15.4. The van der Waals surface area contributed by atoms with Crippen molar-refractivity contribution in [3.8, 4) is 0 Å². The van der Waals surface area contributed by atoms with E-state index in [0.29, 0.717) is 18.0 Å². The van der Waals surface area contributed by atoms with Gasteiger partial charge in [-0.3, -0.25) is 0 Å². The van der Waals surface area contributed by atoms with Gasteiger partial charge in [-0.2, -0.15) is 0 Å². The van der Waals surface area contributed by atoms with Gasteiger partial charge < -0.3 is 5.32 Å². The molecule has 0 bridgehead atoms. The monoisotopic (exact) mass is 301 g/mol. The second-order valence-electron chi connectivity index (χ2n) is 6.42. The lowest BCUT2D eigenvalue weighted by Gasteiger charge is -2.20. The van der Waals surface area contributed by atoms with Gasteiger partial charge >= 0.3 is 0 Å². The van der Waals surface area contributed by atoms with E-state index in [9.17, 15) is 0 Å². The van der Waals surface area contributed by atoms with Crippen LogP contribution in [0.1, 0.15) is 61.3 Å². The lowest BCUT2D eigenvalue weighted by Crippen LogP contribution is -2.22. The van der Waals surface area contributed by atoms with Gasteiger partial charge in [-0.15, -0.1) is 11.3 Å². The van der Waals surface area contributed by atoms with Crippen molar-refractivity contribution in [2.24, 2.45) is 5.92 Å². The molecule has 0 aliphatic carbocycles. The molecule has 2 rings (SSSR count). The molecule has 2 aromatic rings. The number of benzene rings is 1. The lowest BCUT2D eigenvalue weighted by atomic mass is 9.99. The van der Waals surface area contributed by atoms with Crippen LogP contribution < -0.4 is 5.32 Å². The van der Waals surface area contributed by atoms with Crippen molar-refractivity contribution in [2.75, 3.05) is 0 Å². The Bertz CT molecular complexity index is 553. The van der Waals surface area contributed by atoms with Crippen LogP contribution in [0.3, 0.4) is 0 Å². The minimum absolute atomic E-state index is 0.370. The molecule has 1 aromatic heterocycles. The Morgan fingerprint density at radius 3 is 2.14 bits per heavy atom. The standard InChI is InChI=1S/C19H27NS/c1-13(2)12-17-6-8-18(9-7-17)15(4)20-16(5)19-14(3)10-11-21-19/h6-11,13,15-16,20H,12H2,1-5H3. The second-order valence-corrected chi connectivity index (χ2v) is 7.37. The Hall–Kier alpha value is -1.12. The van der Waals surface area contributed by atoms with Gasteiger partial charge in [0.2, 0.25) is 0 Å². The molecule has 2 heteroatoms. The predicted molar refractivity (Wildman–Crippen MR) is 94.0 cm³/mol. The van der Waals surface area contributed by atoms with E-state index in [1.54, 1.807) is 0 Å². The van der Waals surface area contributed by atoms with Crippen LogP contribution in [0.5, 0.6) is 0 Å². The summed E-state index contributed by atoms with van der Waals surface area (Å²) in [5.41, 5.74) is 4.19. The molecule has 1 heterocycles. The van der Waals surface area contributed by atoms with E-state index in [0.717, 1.165) is 6.42 Å². The number of rotatable bonds is 6. The summed E-state index contributed by atoms with van der Waals surface area (Å²) in [4.78, 5) is 1.44. The molecule has 2 unspecified atom stereocenters. The molecule has 0 aliphatic rings. The Morgan fingerprint density at radius 1 is 0.952 bits per heavy atom. The van der Waals surface area contributed by atoms with E-state index in [1.165, 1.54) is 21.6 Å². The van der Waals surface area contributed by atoms with Crippen molar-refractivity contribution < 1.29 is 0 Å². The predicted octanol–water partition coefficient (Wildman–Crippen LogP) is 5.67. The SMILES string of the molecule is Cc1ccsc1C(C)NC(C)c1ccc(CC(C)C)cc1. The van der Waals surface area contributed by atoms with E-state index in [2.05, 4.69) is 75.6 Å². The van der Waals surface area contributed by atoms with Crippen LogP contribution in [0.25, 0.3) is 0 Å². The molecule has 114 valence electrons. The van der Waals surface area contributed by atoms with E-state index in [1.807, 2.05) is 11.3 Å². The maximum absolute atomic E-state index is 3.71. The van der Waals surface area contributed by atoms with Gasteiger partial charge in [-0.05, 0) is 61.2 Å². The molecule has 0 spiro atoms. The first-order valence-corrected chi connectivity index (χ1v) is 8.74. The highest BCUT2D eigenvalue weighted by Gasteiger charge is 2.13. The fraction of sp³-hybridized carbons (Fsp3) is 0.474. The molecule has 0 aliphatic heterocycles. The summed E-state index contributed by atoms with van der Waals surface area (Å²) >= 11 is 1.84. The van der Waals surface area contributed by atoms with E-state index in [-0.39, 0.29) is 0 Å². The first-order chi connectivity index (χ1) is 9.97. The largest absolute Gasteiger partial charge is 0.303 e. The minimum atomic E-state index is 0.370. The zero-order valence-electron chi connectivity index (χ0n) is 13.8. The molecular formula is C19H27NS. The fourth-order valence-corrected chi connectivity index (χ4v) is 3.73. The summed E-state index contributed by atoms with van der Waals surface area (Å²) in [7, 11) is 0. The van der Waals surface area contributed by atoms with E-state index >= 15 is 0 Å². The van der Waals surface area contributed by atoms with Crippen LogP contribution in [-0.4, -0.2) is 0 Å². The Balaban J connectivity index is 2.00. The van der Waals surface area contributed by atoms with Crippen molar-refractivity contribution in [3.63, 3.8) is 0 Å². The van der Waals surface area contributed by atoms with Crippen molar-refractivity contribution in [1.29, 1.82) is 0 Å². The summed E-state index contributed by atoms with van der Waals surface area (Å²) in [6, 6.07) is 12.0. The van der Waals surface area contributed by atoms with Crippen LogP contribution in [0.15, 0.2) is 35.7 Å². The average Bonchev–Trinajstić information content (AvgIpc) is 2.85. The maximum Gasteiger partial charge on any atom is 0.0393 e. The molecule has 0 amide bonds. The molecule has 2 atom stereocenters. The van der Waals surface area contributed by atoms with Crippen LogP contribution in [0, 0.1) is 12.8 Å². The number of hydrogen-bond donors (Lipinski definition) is 1. The third-order valence-corrected chi connectivity index (χ3v) is 5.12. The summed E-state index contributed by atoms with van der Waals surface area (Å²) < 4.78 is 0. The first kappa shape index (κ1) is 16.3.